The van der Waals surface area contributed by atoms with Crippen LogP contribution in [-0.4, -0.2) is 0 Å². The molecule has 0 amide bonds. The highest BCUT2D eigenvalue weighted by molar-refractivity contribution is 5.27. The third-order valence-electron chi connectivity index (χ3n) is 3.36. The molecule has 0 spiro atoms. The molecule has 2 rings (SSSR count). The van der Waals surface area contributed by atoms with Gasteiger partial charge in [0.1, 0.15) is 5.82 Å². The van der Waals surface area contributed by atoms with E-state index in [-0.39, 0.29) is 12.4 Å². The number of benzene rings is 1. The minimum atomic E-state index is -0.110. The highest BCUT2D eigenvalue weighted by Gasteiger charge is 2.18. The largest absolute Gasteiger partial charge is 0.300 e. The van der Waals surface area contributed by atoms with Crippen LogP contribution in [0.2, 0.25) is 0 Å². The first-order valence-electron chi connectivity index (χ1n) is 5.91. The van der Waals surface area contributed by atoms with Gasteiger partial charge in [0.05, 0.1) is 6.61 Å². The van der Waals surface area contributed by atoms with Crippen molar-refractivity contribution in [3.05, 3.63) is 35.1 Å². The lowest BCUT2D eigenvalue weighted by Crippen LogP contribution is -2.07. The third-order valence-corrected chi connectivity index (χ3v) is 3.36. The molecule has 0 radical (unpaired) electrons. The fraction of sp³-hybridized carbons (Fsp3) is 0.538. The van der Waals surface area contributed by atoms with Gasteiger partial charge in [-0.15, -0.1) is 0 Å². The second-order valence-electron chi connectivity index (χ2n) is 4.50. The molecule has 2 N–H and O–H groups in total. The molecule has 1 fully saturated rings. The number of halogens is 1. The van der Waals surface area contributed by atoms with Crippen LogP contribution in [0, 0.1) is 5.82 Å². The Morgan fingerprint density at radius 3 is 2.62 bits per heavy atom. The average Bonchev–Trinajstić information content (AvgIpc) is 2.31. The fourth-order valence-electron chi connectivity index (χ4n) is 2.50. The molecule has 2 nitrogen and oxygen atoms in total. The summed E-state index contributed by atoms with van der Waals surface area (Å²) in [6.45, 7) is 0.266. The van der Waals surface area contributed by atoms with Crippen molar-refractivity contribution in [1.82, 2.24) is 0 Å². The molecule has 0 heterocycles. The van der Waals surface area contributed by atoms with Crippen LogP contribution in [0.15, 0.2) is 18.2 Å². The number of hydrogen-bond donors (Lipinski definition) is 1. The van der Waals surface area contributed by atoms with E-state index in [1.807, 2.05) is 12.1 Å². The van der Waals surface area contributed by atoms with E-state index in [0.717, 1.165) is 24.0 Å². The molecular weight excluding hydrogens is 205 g/mol. The predicted molar refractivity (Wildman–Crippen MR) is 61.2 cm³/mol. The summed E-state index contributed by atoms with van der Waals surface area (Å²) in [5, 5.41) is 0. The molecule has 0 aromatic heterocycles. The minimum absolute atomic E-state index is 0.110. The average molecular weight is 223 g/mol. The van der Waals surface area contributed by atoms with Crippen LogP contribution in [0.4, 0.5) is 4.39 Å². The molecule has 1 aromatic rings. The van der Waals surface area contributed by atoms with E-state index >= 15 is 0 Å². The normalized spacial score (nSPS) is 17.6. The van der Waals surface area contributed by atoms with Gasteiger partial charge in [0.25, 0.3) is 0 Å². The van der Waals surface area contributed by atoms with Crippen LogP contribution in [0.5, 0.6) is 0 Å². The number of hydrogen-bond acceptors (Lipinski definition) is 2. The van der Waals surface area contributed by atoms with E-state index in [4.69, 9.17) is 5.90 Å². The van der Waals surface area contributed by atoms with E-state index in [2.05, 4.69) is 4.84 Å². The zero-order valence-corrected chi connectivity index (χ0v) is 9.42. The first-order valence-corrected chi connectivity index (χ1v) is 5.91. The van der Waals surface area contributed by atoms with Crippen LogP contribution in [-0.2, 0) is 11.4 Å². The second kappa shape index (κ2) is 5.41. The van der Waals surface area contributed by atoms with Crippen LogP contribution in [0.25, 0.3) is 0 Å². The van der Waals surface area contributed by atoms with Crippen molar-refractivity contribution < 1.29 is 9.23 Å². The summed E-state index contributed by atoms with van der Waals surface area (Å²) in [5.41, 5.74) is 1.65. The Morgan fingerprint density at radius 1 is 1.25 bits per heavy atom. The summed E-state index contributed by atoms with van der Waals surface area (Å²) in [5.74, 6) is 5.26. The minimum Gasteiger partial charge on any atom is -0.300 e. The molecule has 1 aliphatic rings. The van der Waals surface area contributed by atoms with Crippen molar-refractivity contribution in [2.24, 2.45) is 5.90 Å². The molecule has 0 saturated heterocycles. The summed E-state index contributed by atoms with van der Waals surface area (Å²) in [6.07, 6.45) is 5.96. The molecule has 0 bridgehead atoms. The van der Waals surface area contributed by atoms with E-state index in [0.29, 0.717) is 5.92 Å². The van der Waals surface area contributed by atoms with Crippen LogP contribution >= 0.6 is 0 Å². The van der Waals surface area contributed by atoms with E-state index < -0.39 is 0 Å². The first-order chi connectivity index (χ1) is 7.81. The Bertz CT molecular complexity index is 348. The molecule has 0 atom stereocenters. The van der Waals surface area contributed by atoms with Gasteiger partial charge in [0, 0.05) is 0 Å². The van der Waals surface area contributed by atoms with Gasteiger partial charge >= 0.3 is 0 Å². The highest BCUT2D eigenvalue weighted by Crippen LogP contribution is 2.34. The van der Waals surface area contributed by atoms with Gasteiger partial charge in [0.15, 0.2) is 0 Å². The zero-order chi connectivity index (χ0) is 11.4. The van der Waals surface area contributed by atoms with Gasteiger partial charge in [-0.25, -0.2) is 10.3 Å². The van der Waals surface area contributed by atoms with Crippen LogP contribution in [0.3, 0.4) is 0 Å². The molecule has 0 unspecified atom stereocenters. The summed E-state index contributed by atoms with van der Waals surface area (Å²) in [4.78, 5) is 4.50. The molecule has 1 aliphatic carbocycles. The molecule has 1 aromatic carbocycles. The fourth-order valence-corrected chi connectivity index (χ4v) is 2.50. The maximum Gasteiger partial charge on any atom is 0.127 e. The van der Waals surface area contributed by atoms with Crippen molar-refractivity contribution in [3.63, 3.8) is 0 Å². The van der Waals surface area contributed by atoms with Crippen molar-refractivity contribution in [1.29, 1.82) is 0 Å². The highest BCUT2D eigenvalue weighted by atomic mass is 19.1. The smallest absolute Gasteiger partial charge is 0.127 e. The Hall–Kier alpha value is -0.930. The van der Waals surface area contributed by atoms with Gasteiger partial charge in [0.2, 0.25) is 0 Å². The number of rotatable bonds is 3. The van der Waals surface area contributed by atoms with Gasteiger partial charge in [-0.1, -0.05) is 31.4 Å². The Kier molecular flexibility index (Phi) is 3.91. The monoisotopic (exact) mass is 223 g/mol. The predicted octanol–water partition coefficient (Wildman–Crippen LogP) is 3.26. The molecule has 88 valence electrons. The molecular formula is C13H18FNO. The standard InChI is InChI=1S/C13H18FNO/c14-13-8-10(9-16-15)6-7-12(13)11-4-2-1-3-5-11/h6-8,11H,1-5,9,15H2. The zero-order valence-electron chi connectivity index (χ0n) is 9.42. The van der Waals surface area contributed by atoms with Crippen LogP contribution < -0.4 is 5.90 Å². The Morgan fingerprint density at radius 2 is 2.00 bits per heavy atom. The van der Waals surface area contributed by atoms with Crippen molar-refractivity contribution in [2.75, 3.05) is 0 Å². The lowest BCUT2D eigenvalue weighted by atomic mass is 9.83. The molecule has 1 saturated carbocycles. The van der Waals surface area contributed by atoms with Crippen molar-refractivity contribution >= 4 is 0 Å². The van der Waals surface area contributed by atoms with Crippen LogP contribution in [0.1, 0.15) is 49.1 Å². The van der Waals surface area contributed by atoms with Gasteiger partial charge < -0.3 is 0 Å². The Balaban J connectivity index is 2.14. The third kappa shape index (κ3) is 2.60. The van der Waals surface area contributed by atoms with E-state index in [1.54, 1.807) is 0 Å². The van der Waals surface area contributed by atoms with Crippen molar-refractivity contribution in [3.8, 4) is 0 Å². The topological polar surface area (TPSA) is 35.2 Å². The maximum atomic E-state index is 13.9. The van der Waals surface area contributed by atoms with E-state index in [9.17, 15) is 4.39 Å². The van der Waals surface area contributed by atoms with Crippen molar-refractivity contribution in [2.45, 2.75) is 44.6 Å². The molecule has 0 aliphatic heterocycles. The van der Waals surface area contributed by atoms with Gasteiger partial charge in [-0.2, -0.15) is 0 Å². The summed E-state index contributed by atoms with van der Waals surface area (Å²) >= 11 is 0. The molecule has 3 heteroatoms. The Labute approximate surface area is 95.6 Å². The molecule has 16 heavy (non-hydrogen) atoms. The van der Waals surface area contributed by atoms with Gasteiger partial charge in [-0.3, -0.25) is 4.84 Å². The van der Waals surface area contributed by atoms with E-state index in [1.165, 1.54) is 25.3 Å². The first kappa shape index (κ1) is 11.6. The maximum absolute atomic E-state index is 13.9. The summed E-state index contributed by atoms with van der Waals surface area (Å²) in [6, 6.07) is 5.33. The summed E-state index contributed by atoms with van der Waals surface area (Å²) in [7, 11) is 0. The second-order valence-corrected chi connectivity index (χ2v) is 4.50. The van der Waals surface area contributed by atoms with Gasteiger partial charge in [-0.05, 0) is 36.0 Å². The number of nitrogens with two attached hydrogens (primary N) is 1. The SMILES string of the molecule is NOCc1ccc(C2CCCCC2)c(F)c1. The quantitative estimate of drug-likeness (QED) is 0.798. The lowest BCUT2D eigenvalue weighted by Gasteiger charge is -2.22. The summed E-state index contributed by atoms with van der Waals surface area (Å²) < 4.78 is 13.9. The lowest BCUT2D eigenvalue weighted by molar-refractivity contribution is 0.124.